The number of rotatable bonds is 5. The number of hydrogen-bond donors (Lipinski definition) is 1. The number of carbonyl (C=O) groups is 1. The van der Waals surface area contributed by atoms with Gasteiger partial charge >= 0.3 is 0 Å². The third-order valence-electron chi connectivity index (χ3n) is 4.36. The van der Waals surface area contributed by atoms with Crippen molar-refractivity contribution in [1.82, 2.24) is 14.7 Å². The quantitative estimate of drug-likeness (QED) is 0.567. The summed E-state index contributed by atoms with van der Waals surface area (Å²) >= 11 is 0. The lowest BCUT2D eigenvalue weighted by molar-refractivity contribution is -0.116. The molecule has 29 heavy (non-hydrogen) atoms. The van der Waals surface area contributed by atoms with E-state index < -0.39 is 0 Å². The van der Waals surface area contributed by atoms with E-state index in [1.165, 1.54) is 10.6 Å². The standard InChI is InChI=1S/C22H18N4O3/c1-15-10-12-17(13-11-15)23-19(27)14-26-18(8-5-9-20(26)28)22-24-21(25-29-22)16-6-3-2-4-7-16/h2-13H,14H2,1H3,(H,23,27). The first-order valence-electron chi connectivity index (χ1n) is 9.06. The van der Waals surface area contributed by atoms with Crippen molar-refractivity contribution in [2.24, 2.45) is 0 Å². The van der Waals surface area contributed by atoms with Crippen LogP contribution >= 0.6 is 0 Å². The summed E-state index contributed by atoms with van der Waals surface area (Å²) in [7, 11) is 0. The Morgan fingerprint density at radius 2 is 1.76 bits per heavy atom. The van der Waals surface area contributed by atoms with Gasteiger partial charge in [-0.15, -0.1) is 0 Å². The molecule has 0 unspecified atom stereocenters. The summed E-state index contributed by atoms with van der Waals surface area (Å²) in [5.41, 5.74) is 2.60. The largest absolute Gasteiger partial charge is 0.332 e. The molecule has 7 nitrogen and oxygen atoms in total. The first-order valence-corrected chi connectivity index (χ1v) is 9.06. The van der Waals surface area contributed by atoms with Gasteiger partial charge in [0.1, 0.15) is 12.2 Å². The van der Waals surface area contributed by atoms with Crippen LogP contribution in [0.4, 0.5) is 5.69 Å². The second-order valence-electron chi connectivity index (χ2n) is 6.54. The van der Waals surface area contributed by atoms with Crippen LogP contribution in [0.2, 0.25) is 0 Å². The number of aryl methyl sites for hydroxylation is 1. The van der Waals surface area contributed by atoms with Crippen molar-refractivity contribution in [2.45, 2.75) is 13.5 Å². The molecule has 0 saturated carbocycles. The lowest BCUT2D eigenvalue weighted by Crippen LogP contribution is -2.28. The molecule has 0 radical (unpaired) electrons. The summed E-state index contributed by atoms with van der Waals surface area (Å²) < 4.78 is 6.67. The maximum atomic E-state index is 12.5. The average molecular weight is 386 g/mol. The molecule has 144 valence electrons. The second kappa shape index (κ2) is 7.93. The van der Waals surface area contributed by atoms with E-state index in [4.69, 9.17) is 4.52 Å². The minimum atomic E-state index is -0.332. The Bertz CT molecular complexity index is 1190. The molecule has 0 spiro atoms. The van der Waals surface area contributed by atoms with Gasteiger partial charge in [0, 0.05) is 17.3 Å². The molecule has 0 aliphatic rings. The SMILES string of the molecule is Cc1ccc(NC(=O)Cn2c(-c3nc(-c4ccccc4)no3)cccc2=O)cc1. The number of nitrogens with zero attached hydrogens (tertiary/aromatic N) is 3. The van der Waals surface area contributed by atoms with Crippen LogP contribution in [0.15, 0.2) is 82.1 Å². The Kier molecular flexibility index (Phi) is 5.03. The minimum absolute atomic E-state index is 0.171. The maximum Gasteiger partial charge on any atom is 0.274 e. The molecule has 2 aromatic heterocycles. The smallest absolute Gasteiger partial charge is 0.274 e. The number of amides is 1. The predicted octanol–water partition coefficient (Wildman–Crippen LogP) is 3.51. The molecule has 0 aliphatic heterocycles. The summed E-state index contributed by atoms with van der Waals surface area (Å²) in [6, 6.07) is 21.4. The van der Waals surface area contributed by atoms with Crippen LogP contribution in [-0.2, 0) is 11.3 Å². The third-order valence-corrected chi connectivity index (χ3v) is 4.36. The van der Waals surface area contributed by atoms with Crippen LogP contribution in [0.1, 0.15) is 5.56 Å². The van der Waals surface area contributed by atoms with Crippen molar-refractivity contribution in [1.29, 1.82) is 0 Å². The van der Waals surface area contributed by atoms with E-state index >= 15 is 0 Å². The summed E-state index contributed by atoms with van der Waals surface area (Å²) in [6.07, 6.45) is 0. The van der Waals surface area contributed by atoms with Crippen LogP contribution < -0.4 is 10.9 Å². The van der Waals surface area contributed by atoms with E-state index in [1.54, 1.807) is 12.1 Å². The topological polar surface area (TPSA) is 90.0 Å². The van der Waals surface area contributed by atoms with Crippen LogP contribution in [0.25, 0.3) is 23.0 Å². The number of hydrogen-bond acceptors (Lipinski definition) is 5. The summed E-state index contributed by atoms with van der Waals surface area (Å²) in [5.74, 6) is 0.253. The van der Waals surface area contributed by atoms with Gasteiger partial charge in [0.2, 0.25) is 11.7 Å². The molecule has 2 aromatic carbocycles. The van der Waals surface area contributed by atoms with Gasteiger partial charge in [-0.25, -0.2) is 0 Å². The molecule has 1 N–H and O–H groups in total. The summed E-state index contributed by atoms with van der Waals surface area (Å²) in [6.45, 7) is 1.79. The number of benzene rings is 2. The monoisotopic (exact) mass is 386 g/mol. The molecule has 0 bridgehead atoms. The van der Waals surface area contributed by atoms with Crippen LogP contribution in [0.3, 0.4) is 0 Å². The normalized spacial score (nSPS) is 10.7. The highest BCUT2D eigenvalue weighted by Gasteiger charge is 2.16. The van der Waals surface area contributed by atoms with Crippen LogP contribution in [0.5, 0.6) is 0 Å². The molecule has 0 aliphatic carbocycles. The van der Waals surface area contributed by atoms with Crippen molar-refractivity contribution >= 4 is 11.6 Å². The van der Waals surface area contributed by atoms with Gasteiger partial charge in [-0.05, 0) is 25.1 Å². The van der Waals surface area contributed by atoms with Crippen molar-refractivity contribution < 1.29 is 9.32 Å². The minimum Gasteiger partial charge on any atom is -0.332 e. The number of anilines is 1. The first-order chi connectivity index (χ1) is 14.1. The lowest BCUT2D eigenvalue weighted by atomic mass is 10.2. The number of nitrogens with one attached hydrogen (secondary N) is 1. The number of pyridine rings is 1. The van der Waals surface area contributed by atoms with Crippen molar-refractivity contribution in [3.05, 3.63) is 88.7 Å². The van der Waals surface area contributed by atoms with E-state index in [0.717, 1.165) is 11.1 Å². The Morgan fingerprint density at radius 1 is 1.00 bits per heavy atom. The molecule has 4 aromatic rings. The zero-order valence-corrected chi connectivity index (χ0v) is 15.7. The Balaban J connectivity index is 1.61. The molecule has 4 rings (SSSR count). The van der Waals surface area contributed by atoms with Gasteiger partial charge in [0.25, 0.3) is 11.4 Å². The molecular weight excluding hydrogens is 368 g/mol. The van der Waals surface area contributed by atoms with Crippen molar-refractivity contribution in [3.8, 4) is 23.0 Å². The van der Waals surface area contributed by atoms with Gasteiger partial charge in [-0.3, -0.25) is 14.2 Å². The van der Waals surface area contributed by atoms with Crippen LogP contribution in [0, 0.1) is 6.92 Å². The van der Waals surface area contributed by atoms with Gasteiger partial charge in [-0.2, -0.15) is 4.98 Å². The predicted molar refractivity (Wildman–Crippen MR) is 109 cm³/mol. The zero-order valence-electron chi connectivity index (χ0n) is 15.7. The van der Waals surface area contributed by atoms with Crippen molar-refractivity contribution in [3.63, 3.8) is 0 Å². The summed E-state index contributed by atoms with van der Waals surface area (Å²) in [4.78, 5) is 29.3. The summed E-state index contributed by atoms with van der Waals surface area (Å²) in [5, 5.41) is 6.78. The first kappa shape index (κ1) is 18.4. The number of aromatic nitrogens is 3. The van der Waals surface area contributed by atoms with Gasteiger partial charge in [0.15, 0.2) is 0 Å². The Labute approximate surface area is 166 Å². The maximum absolute atomic E-state index is 12.5. The Morgan fingerprint density at radius 3 is 2.52 bits per heavy atom. The van der Waals surface area contributed by atoms with E-state index in [2.05, 4.69) is 15.5 Å². The highest BCUT2D eigenvalue weighted by atomic mass is 16.5. The highest BCUT2D eigenvalue weighted by molar-refractivity contribution is 5.90. The van der Waals surface area contributed by atoms with Gasteiger partial charge in [-0.1, -0.05) is 59.3 Å². The van der Waals surface area contributed by atoms with E-state index in [9.17, 15) is 9.59 Å². The van der Waals surface area contributed by atoms with Gasteiger partial charge < -0.3 is 9.84 Å². The molecule has 2 heterocycles. The van der Waals surface area contributed by atoms with Crippen molar-refractivity contribution in [2.75, 3.05) is 5.32 Å². The lowest BCUT2D eigenvalue weighted by Gasteiger charge is -2.10. The van der Waals surface area contributed by atoms with Gasteiger partial charge in [0.05, 0.1) is 0 Å². The van der Waals surface area contributed by atoms with Crippen LogP contribution in [-0.4, -0.2) is 20.6 Å². The molecule has 0 fully saturated rings. The molecule has 7 heteroatoms. The third kappa shape index (κ3) is 4.14. The van der Waals surface area contributed by atoms with E-state index in [0.29, 0.717) is 17.2 Å². The zero-order chi connectivity index (χ0) is 20.2. The number of carbonyl (C=O) groups excluding carboxylic acids is 1. The molecule has 0 saturated heterocycles. The molecule has 0 atom stereocenters. The fourth-order valence-corrected chi connectivity index (χ4v) is 2.88. The van der Waals surface area contributed by atoms with E-state index in [-0.39, 0.29) is 23.9 Å². The second-order valence-corrected chi connectivity index (χ2v) is 6.54. The van der Waals surface area contributed by atoms with E-state index in [1.807, 2.05) is 61.5 Å². The molecule has 1 amide bonds. The fraction of sp³-hybridized carbons (Fsp3) is 0.0909. The molecular formula is C22H18N4O3. The highest BCUT2D eigenvalue weighted by Crippen LogP contribution is 2.21. The average Bonchev–Trinajstić information content (AvgIpc) is 3.22. The Hall–Kier alpha value is -4.00. The fourth-order valence-electron chi connectivity index (χ4n) is 2.88.